The van der Waals surface area contributed by atoms with Crippen molar-refractivity contribution < 1.29 is 9.47 Å². The normalized spacial score (nSPS) is 13.8. The molecule has 1 saturated heterocycles. The van der Waals surface area contributed by atoms with Gasteiger partial charge in [0.05, 0.1) is 14.2 Å². The highest BCUT2D eigenvalue weighted by Gasteiger charge is 2.14. The molecule has 1 N–H and O–H groups in total. The van der Waals surface area contributed by atoms with Gasteiger partial charge in [0.1, 0.15) is 17.7 Å². The SMILES string of the molecule is COc1ccc2c(Nc3ccc(N4CCCC4)cc3)ncnc2c1OC. The minimum atomic E-state index is 0.611. The monoisotopic (exact) mass is 350 g/mol. The summed E-state index contributed by atoms with van der Waals surface area (Å²) in [6, 6.07) is 12.3. The van der Waals surface area contributed by atoms with E-state index in [1.165, 1.54) is 24.9 Å². The Morgan fingerprint density at radius 1 is 0.923 bits per heavy atom. The largest absolute Gasteiger partial charge is 0.493 e. The second kappa shape index (κ2) is 7.07. The van der Waals surface area contributed by atoms with E-state index in [1.807, 2.05) is 12.1 Å². The highest BCUT2D eigenvalue weighted by atomic mass is 16.5. The minimum absolute atomic E-state index is 0.611. The van der Waals surface area contributed by atoms with E-state index in [4.69, 9.17) is 9.47 Å². The fourth-order valence-electron chi connectivity index (χ4n) is 3.41. The standard InChI is InChI=1S/C20H22N4O2/c1-25-17-10-9-16-18(19(17)26-2)21-13-22-20(16)23-14-5-7-15(8-6-14)24-11-3-4-12-24/h5-10,13H,3-4,11-12H2,1-2H3,(H,21,22,23). The minimum Gasteiger partial charge on any atom is -0.493 e. The first-order chi connectivity index (χ1) is 12.8. The molecule has 0 saturated carbocycles. The van der Waals surface area contributed by atoms with Crippen LogP contribution in [0.1, 0.15) is 12.8 Å². The third-order valence-electron chi connectivity index (χ3n) is 4.75. The van der Waals surface area contributed by atoms with Gasteiger partial charge in [0.2, 0.25) is 0 Å². The predicted molar refractivity (Wildman–Crippen MR) is 104 cm³/mol. The molecule has 0 aliphatic carbocycles. The Bertz CT molecular complexity index is 906. The number of hydrogen-bond acceptors (Lipinski definition) is 6. The molecule has 6 heteroatoms. The summed E-state index contributed by atoms with van der Waals surface area (Å²) in [6.45, 7) is 2.29. The van der Waals surface area contributed by atoms with Gasteiger partial charge in [-0.3, -0.25) is 0 Å². The van der Waals surface area contributed by atoms with Crippen LogP contribution in [0.2, 0.25) is 0 Å². The molecule has 0 bridgehead atoms. The van der Waals surface area contributed by atoms with Gasteiger partial charge in [-0.25, -0.2) is 9.97 Å². The first-order valence-electron chi connectivity index (χ1n) is 8.78. The van der Waals surface area contributed by atoms with E-state index >= 15 is 0 Å². The zero-order valence-corrected chi connectivity index (χ0v) is 15.0. The van der Waals surface area contributed by atoms with E-state index in [9.17, 15) is 0 Å². The molecule has 1 fully saturated rings. The molecule has 0 radical (unpaired) electrons. The van der Waals surface area contributed by atoms with E-state index in [-0.39, 0.29) is 0 Å². The number of nitrogens with zero attached hydrogens (tertiary/aromatic N) is 3. The second-order valence-electron chi connectivity index (χ2n) is 6.29. The molecule has 0 amide bonds. The number of fused-ring (bicyclic) bond motifs is 1. The zero-order valence-electron chi connectivity index (χ0n) is 15.0. The van der Waals surface area contributed by atoms with Crippen molar-refractivity contribution in [1.29, 1.82) is 0 Å². The molecular formula is C20H22N4O2. The smallest absolute Gasteiger partial charge is 0.187 e. The molecule has 6 nitrogen and oxygen atoms in total. The van der Waals surface area contributed by atoms with E-state index in [0.717, 1.165) is 35.5 Å². The van der Waals surface area contributed by atoms with Crippen LogP contribution in [0, 0.1) is 0 Å². The van der Waals surface area contributed by atoms with Crippen molar-refractivity contribution >= 4 is 28.1 Å². The first kappa shape index (κ1) is 16.4. The molecule has 2 aromatic carbocycles. The van der Waals surface area contributed by atoms with Gasteiger partial charge < -0.3 is 19.7 Å². The van der Waals surface area contributed by atoms with Gasteiger partial charge in [-0.2, -0.15) is 0 Å². The van der Waals surface area contributed by atoms with Crippen LogP contribution < -0.4 is 19.7 Å². The van der Waals surface area contributed by atoms with Crippen LogP contribution in [0.25, 0.3) is 10.9 Å². The van der Waals surface area contributed by atoms with Crippen molar-refractivity contribution in [2.75, 3.05) is 37.5 Å². The molecule has 26 heavy (non-hydrogen) atoms. The van der Waals surface area contributed by atoms with Crippen LogP contribution in [-0.2, 0) is 0 Å². The number of anilines is 3. The van der Waals surface area contributed by atoms with Gasteiger partial charge >= 0.3 is 0 Å². The van der Waals surface area contributed by atoms with E-state index in [2.05, 4.69) is 44.5 Å². The molecule has 4 rings (SSSR count). The van der Waals surface area contributed by atoms with E-state index in [0.29, 0.717) is 11.5 Å². The fourth-order valence-corrected chi connectivity index (χ4v) is 3.41. The second-order valence-corrected chi connectivity index (χ2v) is 6.29. The molecule has 134 valence electrons. The lowest BCUT2D eigenvalue weighted by atomic mass is 10.2. The average molecular weight is 350 g/mol. The summed E-state index contributed by atoms with van der Waals surface area (Å²) < 4.78 is 10.8. The highest BCUT2D eigenvalue weighted by molar-refractivity contribution is 5.95. The zero-order chi connectivity index (χ0) is 17.9. The highest BCUT2D eigenvalue weighted by Crippen LogP contribution is 2.36. The maximum atomic E-state index is 5.48. The molecule has 1 aliphatic heterocycles. The Morgan fingerprint density at radius 2 is 1.69 bits per heavy atom. The average Bonchev–Trinajstić information content (AvgIpc) is 3.22. The van der Waals surface area contributed by atoms with Crippen molar-refractivity contribution in [1.82, 2.24) is 9.97 Å². The lowest BCUT2D eigenvalue weighted by molar-refractivity contribution is 0.358. The summed E-state index contributed by atoms with van der Waals surface area (Å²) in [6.07, 6.45) is 4.08. The van der Waals surface area contributed by atoms with Gasteiger partial charge in [-0.05, 0) is 49.2 Å². The Morgan fingerprint density at radius 3 is 2.38 bits per heavy atom. The Kier molecular flexibility index (Phi) is 4.48. The topological polar surface area (TPSA) is 59.5 Å². The number of rotatable bonds is 5. The molecule has 0 atom stereocenters. The van der Waals surface area contributed by atoms with Gasteiger partial charge in [-0.15, -0.1) is 0 Å². The molecule has 0 unspecified atom stereocenters. The van der Waals surface area contributed by atoms with E-state index < -0.39 is 0 Å². The van der Waals surface area contributed by atoms with Crippen molar-refractivity contribution in [3.63, 3.8) is 0 Å². The predicted octanol–water partition coefficient (Wildman–Crippen LogP) is 3.99. The molecule has 3 aromatic rings. The summed E-state index contributed by atoms with van der Waals surface area (Å²) in [5.41, 5.74) is 2.98. The van der Waals surface area contributed by atoms with Crippen LogP contribution in [0.3, 0.4) is 0 Å². The molecule has 0 spiro atoms. The van der Waals surface area contributed by atoms with Crippen LogP contribution in [-0.4, -0.2) is 37.3 Å². The van der Waals surface area contributed by atoms with Crippen LogP contribution >= 0.6 is 0 Å². The molecular weight excluding hydrogens is 328 g/mol. The van der Waals surface area contributed by atoms with Crippen LogP contribution in [0.15, 0.2) is 42.7 Å². The van der Waals surface area contributed by atoms with Crippen molar-refractivity contribution in [2.45, 2.75) is 12.8 Å². The van der Waals surface area contributed by atoms with Crippen molar-refractivity contribution in [2.24, 2.45) is 0 Å². The quantitative estimate of drug-likeness (QED) is 0.751. The van der Waals surface area contributed by atoms with Gasteiger partial charge in [-0.1, -0.05) is 0 Å². The van der Waals surface area contributed by atoms with Crippen LogP contribution in [0.4, 0.5) is 17.2 Å². The molecule has 1 aromatic heterocycles. The summed E-state index contributed by atoms with van der Waals surface area (Å²) >= 11 is 0. The number of nitrogens with one attached hydrogen (secondary N) is 1. The molecule has 1 aliphatic rings. The molecule has 2 heterocycles. The van der Waals surface area contributed by atoms with E-state index in [1.54, 1.807) is 14.2 Å². The Labute approximate surface area is 152 Å². The summed E-state index contributed by atoms with van der Waals surface area (Å²) in [4.78, 5) is 11.2. The van der Waals surface area contributed by atoms with Gasteiger partial charge in [0, 0.05) is 29.9 Å². The number of benzene rings is 2. The number of methoxy groups -OCH3 is 2. The van der Waals surface area contributed by atoms with Crippen molar-refractivity contribution in [3.05, 3.63) is 42.7 Å². The third-order valence-corrected chi connectivity index (χ3v) is 4.75. The third kappa shape index (κ3) is 2.98. The van der Waals surface area contributed by atoms with Crippen LogP contribution in [0.5, 0.6) is 11.5 Å². The number of aromatic nitrogens is 2. The summed E-state index contributed by atoms with van der Waals surface area (Å²) in [7, 11) is 3.23. The first-order valence-corrected chi connectivity index (χ1v) is 8.78. The Balaban J connectivity index is 1.64. The fraction of sp³-hybridized carbons (Fsp3) is 0.300. The van der Waals surface area contributed by atoms with Crippen molar-refractivity contribution in [3.8, 4) is 11.5 Å². The maximum absolute atomic E-state index is 5.48. The maximum Gasteiger partial charge on any atom is 0.187 e. The van der Waals surface area contributed by atoms with Gasteiger partial charge in [0.25, 0.3) is 0 Å². The number of ether oxygens (including phenoxy) is 2. The summed E-state index contributed by atoms with van der Waals surface area (Å²) in [5.74, 6) is 2.00. The Hall–Kier alpha value is -3.02. The summed E-state index contributed by atoms with van der Waals surface area (Å²) in [5, 5.41) is 4.27. The lowest BCUT2D eigenvalue weighted by Gasteiger charge is -2.18. The van der Waals surface area contributed by atoms with Gasteiger partial charge in [0.15, 0.2) is 11.5 Å². The lowest BCUT2D eigenvalue weighted by Crippen LogP contribution is -2.17. The number of hydrogen-bond donors (Lipinski definition) is 1.